The van der Waals surface area contributed by atoms with Gasteiger partial charge >= 0.3 is 6.36 Å². The Kier molecular flexibility index (Phi) is 6.60. The van der Waals surface area contributed by atoms with Crippen LogP contribution >= 0.6 is 0 Å². The third-order valence-electron chi connectivity index (χ3n) is 5.31. The summed E-state index contributed by atoms with van der Waals surface area (Å²) in [5.74, 6) is 0.0155. The fourth-order valence-electron chi connectivity index (χ4n) is 3.61. The molecule has 1 saturated heterocycles. The van der Waals surface area contributed by atoms with Crippen LogP contribution in [-0.2, 0) is 14.3 Å². The van der Waals surface area contributed by atoms with Gasteiger partial charge in [-0.3, -0.25) is 9.53 Å². The average molecular weight is 459 g/mol. The van der Waals surface area contributed by atoms with E-state index in [1.807, 2.05) is 0 Å². The standard InChI is InChI=1S/C20H21F4N3O5/c21-12-1-4-14(5-2-12)29-10-17(28)25-13-3-6-16(30-9-13)18-26-19(32-27-18)11-7-15(8-11)31-20(22,23)24/h1-2,4-5,11,13,15-16H,3,6-10H2,(H,25,28)/t11?,13-,15?,16+/m1/s1. The highest BCUT2D eigenvalue weighted by molar-refractivity contribution is 5.77. The van der Waals surface area contributed by atoms with Crippen molar-refractivity contribution in [1.29, 1.82) is 0 Å². The average Bonchev–Trinajstić information content (AvgIpc) is 3.19. The third kappa shape index (κ3) is 5.94. The minimum absolute atomic E-state index is 0.167. The summed E-state index contributed by atoms with van der Waals surface area (Å²) in [4.78, 5) is 16.3. The van der Waals surface area contributed by atoms with Gasteiger partial charge in [-0.15, -0.1) is 13.2 Å². The minimum atomic E-state index is -4.65. The van der Waals surface area contributed by atoms with E-state index in [2.05, 4.69) is 20.2 Å². The van der Waals surface area contributed by atoms with Gasteiger partial charge < -0.3 is 19.3 Å². The van der Waals surface area contributed by atoms with Gasteiger partial charge in [-0.2, -0.15) is 4.98 Å². The molecule has 1 amide bonds. The Balaban J connectivity index is 1.17. The van der Waals surface area contributed by atoms with Crippen LogP contribution in [0.1, 0.15) is 49.4 Å². The van der Waals surface area contributed by atoms with Crippen molar-refractivity contribution >= 4 is 5.91 Å². The normalized spacial score (nSPS) is 25.8. The lowest BCUT2D eigenvalue weighted by molar-refractivity contribution is -0.352. The Labute approximate surface area is 180 Å². The molecule has 1 saturated carbocycles. The number of nitrogens with one attached hydrogen (secondary N) is 1. The second-order valence-corrected chi connectivity index (χ2v) is 7.75. The monoisotopic (exact) mass is 459 g/mol. The van der Waals surface area contributed by atoms with Crippen molar-refractivity contribution in [3.63, 3.8) is 0 Å². The fourth-order valence-corrected chi connectivity index (χ4v) is 3.61. The maximum atomic E-state index is 12.9. The quantitative estimate of drug-likeness (QED) is 0.634. The van der Waals surface area contributed by atoms with Crippen LogP contribution in [0.2, 0.25) is 0 Å². The van der Waals surface area contributed by atoms with Crippen LogP contribution in [0.4, 0.5) is 17.6 Å². The first-order chi connectivity index (χ1) is 15.2. The molecule has 2 aliphatic rings. The van der Waals surface area contributed by atoms with E-state index in [0.717, 1.165) is 0 Å². The number of hydrogen-bond acceptors (Lipinski definition) is 7. The van der Waals surface area contributed by atoms with Crippen molar-refractivity contribution in [2.75, 3.05) is 13.2 Å². The Morgan fingerprint density at radius 3 is 2.59 bits per heavy atom. The Morgan fingerprint density at radius 1 is 1.19 bits per heavy atom. The molecule has 4 rings (SSSR count). The van der Waals surface area contributed by atoms with Gasteiger partial charge in [0, 0.05) is 5.92 Å². The number of benzene rings is 1. The number of rotatable bonds is 7. The highest BCUT2D eigenvalue weighted by Crippen LogP contribution is 2.41. The molecular formula is C20H21F4N3O5. The topological polar surface area (TPSA) is 95.7 Å². The zero-order valence-electron chi connectivity index (χ0n) is 16.8. The summed E-state index contributed by atoms with van der Waals surface area (Å²) >= 11 is 0. The fraction of sp³-hybridized carbons (Fsp3) is 0.550. The lowest BCUT2D eigenvalue weighted by Gasteiger charge is -2.32. The first kappa shape index (κ1) is 22.5. The van der Waals surface area contributed by atoms with Crippen LogP contribution in [0.3, 0.4) is 0 Å². The number of carbonyl (C=O) groups excluding carboxylic acids is 1. The molecule has 0 spiro atoms. The zero-order valence-corrected chi connectivity index (χ0v) is 16.8. The van der Waals surface area contributed by atoms with Crippen LogP contribution in [-0.4, -0.2) is 47.8 Å². The number of nitrogens with zero attached hydrogens (tertiary/aromatic N) is 2. The van der Waals surface area contributed by atoms with Crippen molar-refractivity contribution in [3.8, 4) is 5.75 Å². The third-order valence-corrected chi connectivity index (χ3v) is 5.31. The highest BCUT2D eigenvalue weighted by Gasteiger charge is 2.43. The molecule has 32 heavy (non-hydrogen) atoms. The van der Waals surface area contributed by atoms with E-state index in [4.69, 9.17) is 14.0 Å². The summed E-state index contributed by atoms with van der Waals surface area (Å²) in [6.45, 7) is 0.0297. The number of amides is 1. The molecule has 174 valence electrons. The Hall–Kier alpha value is -2.73. The van der Waals surface area contributed by atoms with Crippen LogP contribution in [0.5, 0.6) is 5.75 Å². The number of alkyl halides is 3. The van der Waals surface area contributed by atoms with Gasteiger partial charge in [-0.05, 0) is 49.9 Å². The zero-order chi connectivity index (χ0) is 22.7. The summed E-state index contributed by atoms with van der Waals surface area (Å²) in [6.07, 6.45) is -4.47. The van der Waals surface area contributed by atoms with Crippen molar-refractivity contribution < 1.29 is 41.1 Å². The second kappa shape index (κ2) is 9.41. The van der Waals surface area contributed by atoms with Crippen LogP contribution in [0.25, 0.3) is 0 Å². The molecule has 1 aliphatic heterocycles. The molecule has 1 aromatic carbocycles. The Bertz CT molecular complexity index is 907. The van der Waals surface area contributed by atoms with Gasteiger partial charge in [0.1, 0.15) is 17.7 Å². The molecule has 12 heteroatoms. The maximum Gasteiger partial charge on any atom is 0.522 e. The largest absolute Gasteiger partial charge is 0.522 e. The molecule has 2 heterocycles. The van der Waals surface area contributed by atoms with Crippen molar-refractivity contribution in [2.24, 2.45) is 0 Å². The molecule has 8 nitrogen and oxygen atoms in total. The predicted octanol–water partition coefficient (Wildman–Crippen LogP) is 3.41. The molecule has 2 aromatic rings. The van der Waals surface area contributed by atoms with E-state index in [1.165, 1.54) is 24.3 Å². The van der Waals surface area contributed by atoms with Crippen molar-refractivity contribution in [2.45, 2.75) is 56.2 Å². The summed E-state index contributed by atoms with van der Waals surface area (Å²) < 4.78 is 69.7. The molecular weight excluding hydrogens is 438 g/mol. The molecule has 1 aromatic heterocycles. The van der Waals surface area contributed by atoms with E-state index in [0.29, 0.717) is 24.4 Å². The van der Waals surface area contributed by atoms with Crippen LogP contribution in [0, 0.1) is 5.82 Å². The van der Waals surface area contributed by atoms with Crippen LogP contribution < -0.4 is 10.1 Å². The highest BCUT2D eigenvalue weighted by atomic mass is 19.4. The van der Waals surface area contributed by atoms with E-state index in [-0.39, 0.29) is 49.8 Å². The van der Waals surface area contributed by atoms with Gasteiger partial charge in [0.05, 0.1) is 18.8 Å². The Morgan fingerprint density at radius 2 is 1.94 bits per heavy atom. The lowest BCUT2D eigenvalue weighted by Crippen LogP contribution is -2.43. The lowest BCUT2D eigenvalue weighted by atomic mass is 9.82. The summed E-state index contributed by atoms with van der Waals surface area (Å²) in [6, 6.07) is 5.14. The molecule has 0 unspecified atom stereocenters. The molecule has 0 bridgehead atoms. The number of carbonyl (C=O) groups is 1. The SMILES string of the molecule is O=C(COc1ccc(F)cc1)N[C@@H]1CC[C@@H](c2noc(C3CC(OC(F)(F)F)C3)n2)OC1. The molecule has 2 atom stereocenters. The number of aromatic nitrogens is 2. The molecule has 1 aliphatic carbocycles. The van der Waals surface area contributed by atoms with Gasteiger partial charge in [0.25, 0.3) is 5.91 Å². The van der Waals surface area contributed by atoms with Gasteiger partial charge in [-0.25, -0.2) is 4.39 Å². The minimum Gasteiger partial charge on any atom is -0.484 e. The predicted molar refractivity (Wildman–Crippen MR) is 99.0 cm³/mol. The first-order valence-electron chi connectivity index (χ1n) is 10.1. The van der Waals surface area contributed by atoms with Crippen molar-refractivity contribution in [3.05, 3.63) is 41.8 Å². The van der Waals surface area contributed by atoms with E-state index < -0.39 is 24.4 Å². The van der Waals surface area contributed by atoms with E-state index in [9.17, 15) is 22.4 Å². The molecule has 2 fully saturated rings. The number of halogens is 4. The first-order valence-corrected chi connectivity index (χ1v) is 10.1. The summed E-state index contributed by atoms with van der Waals surface area (Å²) in [7, 11) is 0. The van der Waals surface area contributed by atoms with Gasteiger partial charge in [-0.1, -0.05) is 5.16 Å². The smallest absolute Gasteiger partial charge is 0.484 e. The maximum absolute atomic E-state index is 12.9. The second-order valence-electron chi connectivity index (χ2n) is 7.75. The summed E-state index contributed by atoms with van der Waals surface area (Å²) in [5, 5.41) is 6.69. The van der Waals surface area contributed by atoms with Gasteiger partial charge in [0.15, 0.2) is 6.61 Å². The van der Waals surface area contributed by atoms with Crippen molar-refractivity contribution in [1.82, 2.24) is 15.5 Å². The van der Waals surface area contributed by atoms with E-state index in [1.54, 1.807) is 0 Å². The number of ether oxygens (including phenoxy) is 3. The molecule has 1 N–H and O–H groups in total. The molecule has 0 radical (unpaired) electrons. The van der Waals surface area contributed by atoms with E-state index >= 15 is 0 Å². The number of hydrogen-bond donors (Lipinski definition) is 1. The van der Waals surface area contributed by atoms with Crippen LogP contribution in [0.15, 0.2) is 28.8 Å². The summed E-state index contributed by atoms with van der Waals surface area (Å²) in [5.41, 5.74) is 0. The van der Waals surface area contributed by atoms with Gasteiger partial charge in [0.2, 0.25) is 11.7 Å².